The van der Waals surface area contributed by atoms with E-state index in [2.05, 4.69) is 9.72 Å². The fourth-order valence-corrected chi connectivity index (χ4v) is 3.18. The van der Waals surface area contributed by atoms with Crippen molar-refractivity contribution in [2.45, 2.75) is 11.6 Å². The summed E-state index contributed by atoms with van der Waals surface area (Å²) in [6.45, 7) is -3.11. The van der Waals surface area contributed by atoms with Crippen molar-refractivity contribution in [3.8, 4) is 29.0 Å². The molecule has 0 radical (unpaired) electrons. The number of hydrogen-bond acceptors (Lipinski definition) is 8. The van der Waals surface area contributed by atoms with Gasteiger partial charge >= 0.3 is 6.61 Å². The number of hydrogen-bond donors (Lipinski definition) is 2. The van der Waals surface area contributed by atoms with E-state index in [-0.39, 0.29) is 47.5 Å². The minimum absolute atomic E-state index is 0.0498. The van der Waals surface area contributed by atoms with Crippen molar-refractivity contribution in [1.82, 2.24) is 4.98 Å². The predicted molar refractivity (Wildman–Crippen MR) is 98.8 cm³/mol. The molecule has 0 amide bonds. The van der Waals surface area contributed by atoms with Crippen LogP contribution < -0.4 is 10.5 Å². The van der Waals surface area contributed by atoms with E-state index in [4.69, 9.17) is 15.6 Å². The maximum Gasteiger partial charge on any atom is 0.345 e. The van der Waals surface area contributed by atoms with E-state index in [1.807, 2.05) is 12.1 Å². The molecule has 0 unspecified atom stereocenters. The number of nitrogen functional groups attached to an aromatic ring is 1. The first kappa shape index (κ1) is 21.4. The number of rotatable bonds is 9. The fraction of sp³-hybridized carbons (Fsp3) is 0.278. The van der Waals surface area contributed by atoms with E-state index < -0.39 is 6.61 Å². The molecule has 0 atom stereocenters. The number of aliphatic hydroxyl groups excluding tert-OH is 1. The number of benzene rings is 1. The first-order valence-corrected chi connectivity index (χ1v) is 9.00. The molecule has 0 fully saturated rings. The molecule has 0 saturated heterocycles. The molecular formula is C18H16F2N4O3S. The Kier molecular flexibility index (Phi) is 7.96. The largest absolute Gasteiger partial charge is 0.491 e. The van der Waals surface area contributed by atoms with Gasteiger partial charge in [-0.25, -0.2) is 4.98 Å². The second-order valence-corrected chi connectivity index (χ2v) is 6.31. The Hall–Kier alpha value is -2.92. The molecule has 2 rings (SSSR count). The number of thioether (sulfide) groups is 1. The Morgan fingerprint density at radius 1 is 1.14 bits per heavy atom. The SMILES string of the molecule is N#Cc1c(N)nc(SCCOC(F)F)c(C#N)c1-c1ccc(OCCO)cc1. The van der Waals surface area contributed by atoms with Crippen LogP contribution in [0.25, 0.3) is 11.1 Å². The van der Waals surface area contributed by atoms with Crippen LogP contribution in [0, 0.1) is 22.7 Å². The third-order valence-corrected chi connectivity index (χ3v) is 4.42. The van der Waals surface area contributed by atoms with Crippen molar-refractivity contribution in [2.75, 3.05) is 31.3 Å². The standard InChI is InChI=1S/C18H16F2N4O3S/c19-18(20)27-7-8-28-17-14(10-22)15(13(9-21)16(23)24-17)11-1-3-12(4-2-11)26-6-5-25/h1-4,18,25H,5-8H2,(H2,23,24). The number of alkyl halides is 2. The van der Waals surface area contributed by atoms with Gasteiger partial charge in [0.15, 0.2) is 0 Å². The Balaban J connectivity index is 2.41. The van der Waals surface area contributed by atoms with Gasteiger partial charge in [0.2, 0.25) is 0 Å². The van der Waals surface area contributed by atoms with Crippen LogP contribution in [0.5, 0.6) is 5.75 Å². The Bertz CT molecular complexity index is 896. The molecule has 1 aromatic carbocycles. The van der Waals surface area contributed by atoms with Gasteiger partial charge in [0.25, 0.3) is 0 Å². The van der Waals surface area contributed by atoms with E-state index in [9.17, 15) is 19.3 Å². The number of nitriles is 2. The highest BCUT2D eigenvalue weighted by atomic mass is 32.2. The first-order valence-electron chi connectivity index (χ1n) is 8.02. The van der Waals surface area contributed by atoms with E-state index in [0.717, 1.165) is 11.8 Å². The summed E-state index contributed by atoms with van der Waals surface area (Å²) in [5, 5.41) is 28.1. The highest BCUT2D eigenvalue weighted by Crippen LogP contribution is 2.36. The lowest BCUT2D eigenvalue weighted by atomic mass is 9.97. The van der Waals surface area contributed by atoms with Gasteiger partial charge in [-0.3, -0.25) is 0 Å². The van der Waals surface area contributed by atoms with Crippen LogP contribution in [0.3, 0.4) is 0 Å². The molecular weight excluding hydrogens is 390 g/mol. The molecule has 1 heterocycles. The number of nitrogens with two attached hydrogens (primary N) is 1. The Morgan fingerprint density at radius 3 is 2.39 bits per heavy atom. The van der Waals surface area contributed by atoms with Crippen molar-refractivity contribution in [1.29, 1.82) is 10.5 Å². The minimum atomic E-state index is -2.88. The lowest BCUT2D eigenvalue weighted by molar-refractivity contribution is -0.123. The monoisotopic (exact) mass is 406 g/mol. The number of anilines is 1. The molecule has 146 valence electrons. The van der Waals surface area contributed by atoms with E-state index in [0.29, 0.717) is 16.9 Å². The van der Waals surface area contributed by atoms with Crippen LogP contribution in [0.2, 0.25) is 0 Å². The van der Waals surface area contributed by atoms with Crippen LogP contribution in [0.4, 0.5) is 14.6 Å². The Morgan fingerprint density at radius 2 is 1.82 bits per heavy atom. The van der Waals surface area contributed by atoms with Crippen LogP contribution in [0.1, 0.15) is 11.1 Å². The van der Waals surface area contributed by atoms with Gasteiger partial charge in [0.05, 0.1) is 18.8 Å². The number of halogens is 2. The molecule has 0 saturated carbocycles. The summed E-state index contributed by atoms with van der Waals surface area (Å²) in [6.07, 6.45) is 0. The van der Waals surface area contributed by atoms with E-state index in [1.54, 1.807) is 24.3 Å². The molecule has 1 aromatic heterocycles. The summed E-state index contributed by atoms with van der Waals surface area (Å²) in [5.74, 6) is 0.579. The van der Waals surface area contributed by atoms with Crippen LogP contribution >= 0.6 is 11.8 Å². The smallest absolute Gasteiger partial charge is 0.345 e. The molecule has 0 aliphatic carbocycles. The van der Waals surface area contributed by atoms with Gasteiger partial charge in [0.1, 0.15) is 40.9 Å². The van der Waals surface area contributed by atoms with Crippen molar-refractivity contribution >= 4 is 17.6 Å². The highest BCUT2D eigenvalue weighted by Gasteiger charge is 2.20. The number of aromatic nitrogens is 1. The fourth-order valence-electron chi connectivity index (χ4n) is 2.35. The summed E-state index contributed by atoms with van der Waals surface area (Å²) in [6, 6.07) is 10.5. The second-order valence-electron chi connectivity index (χ2n) is 5.23. The van der Waals surface area contributed by atoms with Crippen molar-refractivity contribution in [2.24, 2.45) is 0 Å². The van der Waals surface area contributed by atoms with Gasteiger partial charge in [-0.2, -0.15) is 19.3 Å². The maximum absolute atomic E-state index is 12.1. The van der Waals surface area contributed by atoms with Crippen molar-refractivity contribution in [3.05, 3.63) is 35.4 Å². The van der Waals surface area contributed by atoms with Crippen LogP contribution in [-0.4, -0.2) is 42.3 Å². The maximum atomic E-state index is 12.1. The second kappa shape index (κ2) is 10.4. The molecule has 28 heavy (non-hydrogen) atoms. The molecule has 0 bridgehead atoms. The van der Waals surface area contributed by atoms with Gasteiger partial charge < -0.3 is 20.3 Å². The Labute approximate surface area is 164 Å². The average molecular weight is 406 g/mol. The summed E-state index contributed by atoms with van der Waals surface area (Å²) in [5.41, 5.74) is 6.91. The third-order valence-electron chi connectivity index (χ3n) is 3.48. The van der Waals surface area contributed by atoms with Crippen LogP contribution in [-0.2, 0) is 4.74 Å². The summed E-state index contributed by atoms with van der Waals surface area (Å²) in [7, 11) is 0. The molecule has 0 aliphatic heterocycles. The average Bonchev–Trinajstić information content (AvgIpc) is 2.69. The first-order chi connectivity index (χ1) is 13.5. The predicted octanol–water partition coefficient (Wildman–Crippen LogP) is 2.78. The molecule has 0 aliphatic rings. The van der Waals surface area contributed by atoms with E-state index in [1.165, 1.54) is 0 Å². The molecule has 7 nitrogen and oxygen atoms in total. The van der Waals surface area contributed by atoms with Gasteiger partial charge in [-0.05, 0) is 17.7 Å². The number of nitrogens with zero attached hydrogens (tertiary/aromatic N) is 3. The van der Waals surface area contributed by atoms with Gasteiger partial charge in [0, 0.05) is 11.3 Å². The van der Waals surface area contributed by atoms with E-state index >= 15 is 0 Å². The highest BCUT2D eigenvalue weighted by molar-refractivity contribution is 7.99. The minimum Gasteiger partial charge on any atom is -0.491 e. The normalized spacial score (nSPS) is 10.5. The quantitative estimate of drug-likeness (QED) is 0.481. The number of pyridine rings is 1. The summed E-state index contributed by atoms with van der Waals surface area (Å²) >= 11 is 1.04. The summed E-state index contributed by atoms with van der Waals surface area (Å²) in [4.78, 5) is 4.08. The molecule has 2 aromatic rings. The zero-order valence-electron chi connectivity index (χ0n) is 14.6. The number of ether oxygens (including phenoxy) is 2. The lowest BCUT2D eigenvalue weighted by Crippen LogP contribution is -2.06. The molecule has 0 spiro atoms. The zero-order valence-corrected chi connectivity index (χ0v) is 15.4. The zero-order chi connectivity index (χ0) is 20.5. The van der Waals surface area contributed by atoms with Gasteiger partial charge in [-0.15, -0.1) is 11.8 Å². The number of aliphatic hydroxyl groups is 1. The van der Waals surface area contributed by atoms with Gasteiger partial charge in [-0.1, -0.05) is 12.1 Å². The topological polar surface area (TPSA) is 125 Å². The molecule has 10 heteroatoms. The lowest BCUT2D eigenvalue weighted by Gasteiger charge is -2.13. The summed E-state index contributed by atoms with van der Waals surface area (Å²) < 4.78 is 33.7. The third kappa shape index (κ3) is 5.30. The van der Waals surface area contributed by atoms with Crippen molar-refractivity contribution < 1.29 is 23.4 Å². The molecule has 3 N–H and O–H groups in total. The van der Waals surface area contributed by atoms with Crippen molar-refractivity contribution in [3.63, 3.8) is 0 Å². The van der Waals surface area contributed by atoms with Crippen LogP contribution in [0.15, 0.2) is 29.3 Å².